The average Bonchev–Trinajstić information content (AvgIpc) is 2.82. The number of hydrogen-bond acceptors (Lipinski definition) is 4. The van der Waals surface area contributed by atoms with Crippen LogP contribution in [-0.2, 0) is 12.8 Å². The van der Waals surface area contributed by atoms with Gasteiger partial charge in [-0.15, -0.1) is 5.10 Å². The lowest BCUT2D eigenvalue weighted by atomic mass is 10.0. The van der Waals surface area contributed by atoms with Crippen LogP contribution in [0.15, 0.2) is 0 Å². The third kappa shape index (κ3) is 2.41. The van der Waals surface area contributed by atoms with Gasteiger partial charge in [0.1, 0.15) is 5.84 Å². The molecule has 5 heteroatoms. The van der Waals surface area contributed by atoms with Gasteiger partial charge >= 0.3 is 0 Å². The van der Waals surface area contributed by atoms with Crippen LogP contribution in [0.2, 0.25) is 0 Å². The second-order valence-corrected chi connectivity index (χ2v) is 5.13. The molecule has 1 atom stereocenters. The molecule has 1 saturated heterocycles. The van der Waals surface area contributed by atoms with Gasteiger partial charge < -0.3 is 10.6 Å². The maximum atomic E-state index is 7.91. The van der Waals surface area contributed by atoms with E-state index in [-0.39, 0.29) is 5.84 Å². The number of aryl methyl sites for hydroxylation is 1. The van der Waals surface area contributed by atoms with Gasteiger partial charge in [0, 0.05) is 12.6 Å². The summed E-state index contributed by atoms with van der Waals surface area (Å²) in [6.07, 6.45) is 3.99. The molecule has 1 fully saturated rings. The van der Waals surface area contributed by atoms with Crippen LogP contribution in [0.3, 0.4) is 0 Å². The molecule has 5 nitrogen and oxygen atoms in total. The van der Waals surface area contributed by atoms with Crippen LogP contribution in [0.4, 0.5) is 5.82 Å². The molecule has 3 N–H and O–H groups in total. The first-order valence-electron chi connectivity index (χ1n) is 7.09. The van der Waals surface area contributed by atoms with Crippen molar-refractivity contribution in [3.8, 4) is 0 Å². The number of nitrogen functional groups attached to an aromatic ring is 1. The number of hydrogen-bond donors (Lipinski definition) is 2. The molecule has 19 heavy (non-hydrogen) atoms. The number of rotatable bonds is 4. The van der Waals surface area contributed by atoms with E-state index in [1.807, 2.05) is 0 Å². The van der Waals surface area contributed by atoms with Gasteiger partial charge in [-0.05, 0) is 38.2 Å². The van der Waals surface area contributed by atoms with Gasteiger partial charge in [0.15, 0.2) is 5.82 Å². The molecule has 1 aliphatic rings. The fraction of sp³-hybridized carbons (Fsp3) is 0.643. The van der Waals surface area contributed by atoms with Crippen molar-refractivity contribution in [2.45, 2.75) is 52.5 Å². The topological polar surface area (TPSA) is 78.9 Å². The summed E-state index contributed by atoms with van der Waals surface area (Å²) < 4.78 is 0. The fourth-order valence-corrected chi connectivity index (χ4v) is 2.89. The third-order valence-corrected chi connectivity index (χ3v) is 3.92. The summed E-state index contributed by atoms with van der Waals surface area (Å²) in [5.74, 6) is 0.905. The van der Waals surface area contributed by atoms with E-state index in [0.717, 1.165) is 54.9 Å². The smallest absolute Gasteiger partial charge is 0.162 e. The number of nitrogens with one attached hydrogen (secondary N) is 1. The van der Waals surface area contributed by atoms with Gasteiger partial charge in [0.25, 0.3) is 0 Å². The maximum Gasteiger partial charge on any atom is 0.162 e. The first kappa shape index (κ1) is 13.8. The lowest BCUT2D eigenvalue weighted by molar-refractivity contribution is 0.714. The molecule has 2 heterocycles. The number of aromatic nitrogens is 2. The van der Waals surface area contributed by atoms with Crippen LogP contribution in [0.25, 0.3) is 0 Å². The Labute approximate surface area is 114 Å². The van der Waals surface area contributed by atoms with Crippen molar-refractivity contribution >= 4 is 11.7 Å². The van der Waals surface area contributed by atoms with Gasteiger partial charge in [0.2, 0.25) is 0 Å². The summed E-state index contributed by atoms with van der Waals surface area (Å²) >= 11 is 0. The van der Waals surface area contributed by atoms with Crippen LogP contribution in [0.1, 0.15) is 50.4 Å². The summed E-state index contributed by atoms with van der Waals surface area (Å²) in [6.45, 7) is 7.31. The van der Waals surface area contributed by atoms with Crippen molar-refractivity contribution in [1.82, 2.24) is 10.2 Å². The molecule has 104 valence electrons. The molecule has 0 saturated carbocycles. The standard InChI is InChI=1S/C14H23N5/c1-4-10-11(5-2)17-18-14(12(10)13(15)16)19-8-6-7-9(19)3/h9H,4-8H2,1-3H3,(H3,15,16). The minimum atomic E-state index is 0.107. The van der Waals surface area contributed by atoms with E-state index in [0.29, 0.717) is 6.04 Å². The molecule has 1 unspecified atom stereocenters. The zero-order valence-corrected chi connectivity index (χ0v) is 12.0. The number of anilines is 1. The molecule has 0 aliphatic carbocycles. The molecule has 0 aromatic carbocycles. The van der Waals surface area contributed by atoms with E-state index < -0.39 is 0 Å². The summed E-state index contributed by atoms with van der Waals surface area (Å²) in [7, 11) is 0. The van der Waals surface area contributed by atoms with Crippen molar-refractivity contribution in [3.05, 3.63) is 16.8 Å². The third-order valence-electron chi connectivity index (χ3n) is 3.92. The molecule has 1 aromatic rings. The van der Waals surface area contributed by atoms with Crippen LogP contribution < -0.4 is 10.6 Å². The highest BCUT2D eigenvalue weighted by atomic mass is 15.3. The molecular weight excluding hydrogens is 238 g/mol. The Morgan fingerprint density at radius 2 is 2.11 bits per heavy atom. The zero-order valence-electron chi connectivity index (χ0n) is 12.0. The van der Waals surface area contributed by atoms with E-state index >= 15 is 0 Å². The highest BCUT2D eigenvalue weighted by Gasteiger charge is 2.27. The largest absolute Gasteiger partial charge is 0.384 e. The lowest BCUT2D eigenvalue weighted by Crippen LogP contribution is -2.31. The Balaban J connectivity index is 2.57. The molecule has 2 rings (SSSR count). The Morgan fingerprint density at radius 1 is 1.37 bits per heavy atom. The molecule has 0 amide bonds. The normalized spacial score (nSPS) is 18.9. The van der Waals surface area contributed by atoms with Crippen LogP contribution in [0.5, 0.6) is 0 Å². The van der Waals surface area contributed by atoms with Gasteiger partial charge in [-0.25, -0.2) is 0 Å². The number of nitrogens with two attached hydrogens (primary N) is 1. The van der Waals surface area contributed by atoms with Crippen molar-refractivity contribution in [2.24, 2.45) is 5.73 Å². The van der Waals surface area contributed by atoms with Gasteiger partial charge in [0.05, 0.1) is 11.3 Å². The predicted molar refractivity (Wildman–Crippen MR) is 77.8 cm³/mol. The van der Waals surface area contributed by atoms with Crippen molar-refractivity contribution in [3.63, 3.8) is 0 Å². The molecule has 0 radical (unpaired) electrons. The van der Waals surface area contributed by atoms with Crippen molar-refractivity contribution < 1.29 is 0 Å². The van der Waals surface area contributed by atoms with Crippen LogP contribution in [-0.4, -0.2) is 28.6 Å². The fourth-order valence-electron chi connectivity index (χ4n) is 2.89. The summed E-state index contributed by atoms with van der Waals surface area (Å²) in [5, 5.41) is 16.6. The van der Waals surface area contributed by atoms with Crippen molar-refractivity contribution in [1.29, 1.82) is 5.41 Å². The number of nitrogens with zero attached hydrogens (tertiary/aromatic N) is 3. The van der Waals surface area contributed by atoms with E-state index in [2.05, 4.69) is 35.9 Å². The Hall–Kier alpha value is -1.65. The first-order valence-corrected chi connectivity index (χ1v) is 7.09. The minimum absolute atomic E-state index is 0.107. The minimum Gasteiger partial charge on any atom is -0.384 e. The van der Waals surface area contributed by atoms with E-state index in [9.17, 15) is 0 Å². The highest BCUT2D eigenvalue weighted by Crippen LogP contribution is 2.29. The zero-order chi connectivity index (χ0) is 14.0. The predicted octanol–water partition coefficient (Wildman–Crippen LogP) is 1.87. The SMILES string of the molecule is CCc1nnc(N2CCCC2C)c(C(=N)N)c1CC. The lowest BCUT2D eigenvalue weighted by Gasteiger charge is -2.26. The second-order valence-electron chi connectivity index (χ2n) is 5.13. The van der Waals surface area contributed by atoms with E-state index in [1.165, 1.54) is 0 Å². The number of amidine groups is 1. The highest BCUT2D eigenvalue weighted by molar-refractivity contribution is 6.01. The maximum absolute atomic E-state index is 7.91. The average molecular weight is 261 g/mol. The van der Waals surface area contributed by atoms with Gasteiger partial charge in [-0.1, -0.05) is 13.8 Å². The van der Waals surface area contributed by atoms with E-state index in [1.54, 1.807) is 0 Å². The van der Waals surface area contributed by atoms with Gasteiger partial charge in [-0.2, -0.15) is 5.10 Å². The Morgan fingerprint density at radius 3 is 2.58 bits per heavy atom. The van der Waals surface area contributed by atoms with E-state index in [4.69, 9.17) is 11.1 Å². The molecule has 0 spiro atoms. The second kappa shape index (κ2) is 5.55. The molecule has 0 bridgehead atoms. The van der Waals surface area contributed by atoms with Gasteiger partial charge in [-0.3, -0.25) is 5.41 Å². The summed E-state index contributed by atoms with van der Waals surface area (Å²) in [4.78, 5) is 2.24. The van der Waals surface area contributed by atoms with Crippen molar-refractivity contribution in [2.75, 3.05) is 11.4 Å². The molecular formula is C14H23N5. The Kier molecular flexibility index (Phi) is 4.02. The quantitative estimate of drug-likeness (QED) is 0.640. The van der Waals surface area contributed by atoms with Crippen LogP contribution in [0, 0.1) is 5.41 Å². The molecule has 1 aliphatic heterocycles. The Bertz CT molecular complexity index is 483. The summed E-state index contributed by atoms with van der Waals surface area (Å²) in [6, 6.07) is 0.449. The van der Waals surface area contributed by atoms with Crippen LogP contribution >= 0.6 is 0 Å². The summed E-state index contributed by atoms with van der Waals surface area (Å²) in [5.41, 5.74) is 8.65. The monoisotopic (exact) mass is 261 g/mol. The first-order chi connectivity index (χ1) is 9.10. The molecule has 1 aromatic heterocycles.